The van der Waals surface area contributed by atoms with Crippen molar-refractivity contribution in [1.29, 1.82) is 0 Å². The molecule has 3 rings (SSSR count). The number of methoxy groups -OCH3 is 1. The van der Waals surface area contributed by atoms with Crippen LogP contribution in [0.15, 0.2) is 0 Å². The van der Waals surface area contributed by atoms with Gasteiger partial charge in [-0.25, -0.2) is 0 Å². The van der Waals surface area contributed by atoms with Crippen molar-refractivity contribution in [1.82, 2.24) is 0 Å². The van der Waals surface area contributed by atoms with Crippen LogP contribution in [0.4, 0.5) is 0 Å². The molecule has 80 heavy (non-hydrogen) atoms. The molecule has 4 atom stereocenters. The van der Waals surface area contributed by atoms with E-state index in [-0.39, 0.29) is 6.10 Å². The van der Waals surface area contributed by atoms with Gasteiger partial charge in [0.2, 0.25) is 0 Å². The molecule has 0 aromatic heterocycles. The van der Waals surface area contributed by atoms with Gasteiger partial charge in [0.1, 0.15) is 0 Å². The first-order valence-electron chi connectivity index (χ1n) is 35.0. The minimum Gasteiger partial charge on any atom is -0.393 e. The van der Waals surface area contributed by atoms with Crippen LogP contribution in [0.2, 0.25) is 0 Å². The van der Waals surface area contributed by atoms with E-state index in [4.69, 9.17) is 9.47 Å². The van der Waals surface area contributed by atoms with Crippen LogP contribution in [0.5, 0.6) is 0 Å². The summed E-state index contributed by atoms with van der Waals surface area (Å²) < 4.78 is 10.6. The third kappa shape index (κ3) is 46.1. The molecule has 1 aliphatic heterocycles. The zero-order valence-electron chi connectivity index (χ0n) is 63.2. The van der Waals surface area contributed by atoms with Crippen molar-refractivity contribution >= 4 is 0 Å². The van der Waals surface area contributed by atoms with Crippen molar-refractivity contribution in [3.8, 4) is 0 Å². The lowest BCUT2D eigenvalue weighted by molar-refractivity contribution is -0.148. The second kappa shape index (κ2) is 46.1. The zero-order valence-corrected chi connectivity index (χ0v) is 63.2. The van der Waals surface area contributed by atoms with E-state index >= 15 is 0 Å². The lowest BCUT2D eigenvalue weighted by Gasteiger charge is -2.46. The molecule has 0 amide bonds. The van der Waals surface area contributed by atoms with Crippen LogP contribution >= 0.6 is 0 Å². The fourth-order valence-corrected chi connectivity index (χ4v) is 11.5. The molecule has 0 aromatic rings. The summed E-state index contributed by atoms with van der Waals surface area (Å²) in [5, 5.41) is 9.39. The Bertz CT molecular complexity index is 1270. The van der Waals surface area contributed by atoms with Crippen LogP contribution in [0, 0.1) is 141 Å². The van der Waals surface area contributed by atoms with Crippen LogP contribution in [-0.2, 0) is 9.47 Å². The Kier molecular flexibility index (Phi) is 51.1. The molecule has 1 saturated heterocycles. The molecule has 2 aliphatic carbocycles. The van der Waals surface area contributed by atoms with Crippen molar-refractivity contribution in [2.45, 2.75) is 339 Å². The molecule has 3 nitrogen and oxygen atoms in total. The summed E-state index contributed by atoms with van der Waals surface area (Å²) in [6.45, 7) is 86.8. The first-order valence-corrected chi connectivity index (χ1v) is 35.0. The number of hydrogen-bond acceptors (Lipinski definition) is 3. The molecule has 1 heterocycles. The Morgan fingerprint density at radius 3 is 0.887 bits per heavy atom. The number of hydrogen-bond donors (Lipinski definition) is 1. The second-order valence-electron chi connectivity index (χ2n) is 34.1. The van der Waals surface area contributed by atoms with Crippen LogP contribution in [0.25, 0.3) is 0 Å². The topological polar surface area (TPSA) is 38.7 Å². The van der Waals surface area contributed by atoms with E-state index in [2.05, 4.69) is 256 Å². The monoisotopic (exact) mass is 1140 g/mol. The van der Waals surface area contributed by atoms with E-state index in [1.54, 1.807) is 7.11 Å². The average molecular weight is 1140 g/mol. The lowest BCUT2D eigenvalue weighted by atomic mass is 9.65. The summed E-state index contributed by atoms with van der Waals surface area (Å²) >= 11 is 0. The average Bonchev–Trinajstić information content (AvgIpc) is 4.03. The minimum atomic E-state index is -0.0833. The first-order chi connectivity index (χ1) is 36.2. The molecule has 0 aromatic carbocycles. The minimum absolute atomic E-state index is 0.0833. The number of ether oxygens (including phenoxy) is 2. The van der Waals surface area contributed by atoms with E-state index in [1.807, 2.05) is 0 Å². The van der Waals surface area contributed by atoms with Crippen LogP contribution in [-0.4, -0.2) is 37.6 Å². The number of rotatable bonds is 25. The predicted molar refractivity (Wildman–Crippen MR) is 369 cm³/mol. The van der Waals surface area contributed by atoms with Crippen LogP contribution in [0.1, 0.15) is 327 Å². The normalized spacial score (nSPS) is 18.9. The molecule has 0 radical (unpaired) electrons. The highest BCUT2D eigenvalue weighted by Gasteiger charge is 2.45. The standard InChI is InChI=1S/C10H20O.2C10H20.2C10H22.2C9H20O.C9H20/c1-8(2)5-10(9(3)4)6-11-7-10;1-7(2)9-5-10(6-9)8(3)4;1-8(2)7-10(5-6-10)9(3)4;1-8(2)7-10(5,6)9(3)4;1-7(2)9(5)10(6)8(3)4;1-7(2)6-9(10-5)8(3)4;1-7(2)5-9(10)6-8(3)4;1-7(2)6-9(5)8(3)4/h8-9H,5-7H2,1-4H3;7-10H,5-6H2,1-4H3;8-9H,5-7H2,1-4H3;8-9H,7H2,1-6H3;7-10H,1-6H3;7-9H,6H2,1-5H3;7-10H,5-6H2,1-4H3;7-9H,6H2,1-5H3. The molecule has 4 unspecified atom stereocenters. The highest BCUT2D eigenvalue weighted by atomic mass is 16.5. The maximum Gasteiger partial charge on any atom is 0.0596 e. The fourth-order valence-electron chi connectivity index (χ4n) is 11.5. The molecule has 490 valence electrons. The fraction of sp³-hybridized carbons (Fsp3) is 1.00. The van der Waals surface area contributed by atoms with Gasteiger partial charge in [0, 0.05) is 12.5 Å². The third-order valence-corrected chi connectivity index (χ3v) is 19.5. The number of aliphatic hydroxyl groups excluding tert-OH is 1. The molecule has 3 heteroatoms. The summed E-state index contributed by atoms with van der Waals surface area (Å²) in [7, 11) is 1.80. The Labute approximate surface area is 512 Å². The molecule has 1 N–H and O–H groups in total. The molecule has 0 bridgehead atoms. The summed E-state index contributed by atoms with van der Waals surface area (Å²) in [6.07, 6.45) is 14.9. The molecule has 3 fully saturated rings. The van der Waals surface area contributed by atoms with Crippen molar-refractivity contribution in [2.75, 3.05) is 20.3 Å². The summed E-state index contributed by atoms with van der Waals surface area (Å²) in [5.74, 6) is 17.6. The van der Waals surface area contributed by atoms with Gasteiger partial charge in [0.05, 0.1) is 25.4 Å². The van der Waals surface area contributed by atoms with Gasteiger partial charge in [-0.15, -0.1) is 0 Å². The Morgan fingerprint density at radius 2 is 0.762 bits per heavy atom. The quantitative estimate of drug-likeness (QED) is 0.0990. The molecular formula is C77H164O3. The van der Waals surface area contributed by atoms with Gasteiger partial charge in [-0.1, -0.05) is 256 Å². The maximum atomic E-state index is 9.39. The molecular weight excluding hydrogens is 973 g/mol. The predicted octanol–water partition coefficient (Wildman–Crippen LogP) is 25.3. The van der Waals surface area contributed by atoms with E-state index in [9.17, 15) is 5.11 Å². The van der Waals surface area contributed by atoms with Crippen LogP contribution in [0.3, 0.4) is 0 Å². The highest BCUT2D eigenvalue weighted by Crippen LogP contribution is 2.56. The molecule has 0 spiro atoms. The van der Waals surface area contributed by atoms with Gasteiger partial charge in [-0.05, 0) is 206 Å². The summed E-state index contributed by atoms with van der Waals surface area (Å²) in [4.78, 5) is 0. The molecule has 3 aliphatic rings. The zero-order chi connectivity index (χ0) is 64.4. The van der Waals surface area contributed by atoms with Gasteiger partial charge < -0.3 is 14.6 Å². The third-order valence-electron chi connectivity index (χ3n) is 19.5. The van der Waals surface area contributed by atoms with E-state index in [1.165, 1.54) is 57.8 Å². The summed E-state index contributed by atoms with van der Waals surface area (Å²) in [5.41, 5.74) is 1.82. The first kappa shape index (κ1) is 88.6. The number of aliphatic hydroxyl groups is 1. The highest BCUT2D eigenvalue weighted by molar-refractivity contribution is 4.95. The lowest BCUT2D eigenvalue weighted by Crippen LogP contribution is -2.47. The van der Waals surface area contributed by atoms with Crippen LogP contribution < -0.4 is 0 Å². The van der Waals surface area contributed by atoms with Gasteiger partial charge in [0.25, 0.3) is 0 Å². The van der Waals surface area contributed by atoms with Gasteiger partial charge in [0.15, 0.2) is 0 Å². The summed E-state index contributed by atoms with van der Waals surface area (Å²) in [6, 6.07) is 0. The Balaban J connectivity index is -0.000000268. The molecule has 2 saturated carbocycles. The maximum absolute atomic E-state index is 9.39. The second-order valence-corrected chi connectivity index (χ2v) is 34.1. The van der Waals surface area contributed by atoms with E-state index < -0.39 is 0 Å². The van der Waals surface area contributed by atoms with Gasteiger partial charge in [-0.2, -0.15) is 0 Å². The van der Waals surface area contributed by atoms with Crippen molar-refractivity contribution in [2.24, 2.45) is 141 Å². The Hall–Kier alpha value is -0.120. The van der Waals surface area contributed by atoms with E-state index in [0.717, 1.165) is 138 Å². The smallest absolute Gasteiger partial charge is 0.0596 e. The largest absolute Gasteiger partial charge is 0.393 e. The van der Waals surface area contributed by atoms with Crippen molar-refractivity contribution in [3.63, 3.8) is 0 Å². The van der Waals surface area contributed by atoms with Gasteiger partial charge >= 0.3 is 0 Å². The van der Waals surface area contributed by atoms with Gasteiger partial charge in [-0.3, -0.25) is 0 Å². The van der Waals surface area contributed by atoms with E-state index in [0.29, 0.717) is 34.7 Å². The Morgan fingerprint density at radius 1 is 0.425 bits per heavy atom. The van der Waals surface area contributed by atoms with Crippen molar-refractivity contribution in [3.05, 3.63) is 0 Å². The van der Waals surface area contributed by atoms with Crippen molar-refractivity contribution < 1.29 is 14.6 Å². The SMILES string of the molecule is CC(C)C(C)C(C)C(C)C.CC(C)C1CC(C(C)C)C1.CC(C)CC(C)(C)C(C)C.CC(C)CC(C)C(C)C.CC(C)CC(O)CC(C)C.CC(C)CC1(C(C)C)CC1.CC(C)CC1(C(C)C)COC1.COC(CC(C)C)C(C)C.